The summed E-state index contributed by atoms with van der Waals surface area (Å²) >= 11 is 0. The minimum absolute atomic E-state index is 0.296. The third-order valence-electron chi connectivity index (χ3n) is 2.33. The van der Waals surface area contributed by atoms with E-state index in [1.54, 1.807) is 10.6 Å². The first-order valence-corrected chi connectivity index (χ1v) is 4.80. The number of hydrogen-bond donors (Lipinski definition) is 0. The molecule has 0 N–H and O–H groups in total. The number of aromatic nitrogens is 4. The zero-order valence-electron chi connectivity index (χ0n) is 8.67. The van der Waals surface area contributed by atoms with Gasteiger partial charge in [0.05, 0.1) is 6.20 Å². The van der Waals surface area contributed by atoms with Crippen LogP contribution >= 0.6 is 0 Å². The van der Waals surface area contributed by atoms with Crippen molar-refractivity contribution >= 4 is 5.65 Å². The summed E-state index contributed by atoms with van der Waals surface area (Å²) in [7, 11) is 1.46. The van der Waals surface area contributed by atoms with Crippen molar-refractivity contribution in [3.63, 3.8) is 0 Å². The Kier molecular flexibility index (Phi) is 2.18. The molecule has 80 valence electrons. The van der Waals surface area contributed by atoms with Crippen molar-refractivity contribution in [3.8, 4) is 0 Å². The topological polar surface area (TPSA) is 61.3 Å². The Morgan fingerprint density at radius 3 is 2.73 bits per heavy atom. The first kappa shape index (κ1) is 9.70. The van der Waals surface area contributed by atoms with E-state index in [1.165, 1.54) is 17.8 Å². The van der Waals surface area contributed by atoms with Gasteiger partial charge in [0, 0.05) is 19.7 Å². The number of nitrogens with zero attached hydrogens (tertiary/aromatic N) is 4. The average molecular weight is 208 g/mol. The van der Waals surface area contributed by atoms with Crippen LogP contribution in [0.3, 0.4) is 0 Å². The second kappa shape index (κ2) is 3.38. The van der Waals surface area contributed by atoms with Gasteiger partial charge in [0.1, 0.15) is 5.65 Å². The van der Waals surface area contributed by atoms with Gasteiger partial charge in [0.25, 0.3) is 0 Å². The molecule has 0 atom stereocenters. The quantitative estimate of drug-likeness (QED) is 0.675. The summed E-state index contributed by atoms with van der Waals surface area (Å²) in [5, 5.41) is 3.89. The highest BCUT2D eigenvalue weighted by Crippen LogP contribution is 1.96. The minimum Gasteiger partial charge on any atom is -0.278 e. The molecule has 6 heteroatoms. The Labute approximate surface area is 85.4 Å². The fourth-order valence-electron chi connectivity index (χ4n) is 1.58. The number of hydrogen-bond acceptors (Lipinski definition) is 3. The molecule has 0 saturated heterocycles. The molecule has 0 saturated carbocycles. The Morgan fingerprint density at radius 1 is 1.33 bits per heavy atom. The van der Waals surface area contributed by atoms with E-state index in [9.17, 15) is 9.59 Å². The van der Waals surface area contributed by atoms with Crippen molar-refractivity contribution in [3.05, 3.63) is 33.2 Å². The summed E-state index contributed by atoms with van der Waals surface area (Å²) in [5.41, 5.74) is -0.160. The van der Waals surface area contributed by atoms with Crippen LogP contribution in [0.1, 0.15) is 13.3 Å². The zero-order valence-corrected chi connectivity index (χ0v) is 8.67. The fraction of sp³-hybridized carbons (Fsp3) is 0.444. The summed E-state index contributed by atoms with van der Waals surface area (Å²) in [6.45, 7) is 2.56. The van der Waals surface area contributed by atoms with E-state index in [0.717, 1.165) is 11.0 Å². The molecular formula is C9H12N4O2. The van der Waals surface area contributed by atoms with Crippen molar-refractivity contribution in [2.24, 2.45) is 7.05 Å². The Balaban J connectivity index is 2.95. The number of rotatable bonds is 2. The van der Waals surface area contributed by atoms with E-state index >= 15 is 0 Å². The zero-order chi connectivity index (χ0) is 11.0. The van der Waals surface area contributed by atoms with Gasteiger partial charge in [-0.2, -0.15) is 9.61 Å². The largest absolute Gasteiger partial charge is 0.354 e. The summed E-state index contributed by atoms with van der Waals surface area (Å²) in [6, 6.07) is 1.67. The molecule has 2 heterocycles. The van der Waals surface area contributed by atoms with Gasteiger partial charge in [-0.1, -0.05) is 6.92 Å². The molecule has 0 radical (unpaired) electrons. The highest BCUT2D eigenvalue weighted by Gasteiger charge is 2.09. The van der Waals surface area contributed by atoms with Gasteiger partial charge in [-0.25, -0.2) is 14.2 Å². The molecule has 0 aliphatic heterocycles. The lowest BCUT2D eigenvalue weighted by Gasteiger charge is -2.07. The molecule has 2 aromatic rings. The van der Waals surface area contributed by atoms with Crippen LogP contribution in [0.25, 0.3) is 5.65 Å². The van der Waals surface area contributed by atoms with Gasteiger partial charge in [0.2, 0.25) is 0 Å². The predicted molar refractivity (Wildman–Crippen MR) is 55.0 cm³/mol. The smallest absolute Gasteiger partial charge is 0.278 e. The fourth-order valence-corrected chi connectivity index (χ4v) is 1.58. The molecule has 15 heavy (non-hydrogen) atoms. The van der Waals surface area contributed by atoms with Crippen LogP contribution < -0.4 is 11.4 Å². The molecule has 0 unspecified atom stereocenters. The molecular weight excluding hydrogens is 196 g/mol. The molecule has 6 nitrogen and oxygen atoms in total. The average Bonchev–Trinajstić information content (AvgIpc) is 2.70. The molecule has 0 fully saturated rings. The van der Waals surface area contributed by atoms with Crippen molar-refractivity contribution in [2.45, 2.75) is 19.9 Å². The normalized spacial score (nSPS) is 11.1. The summed E-state index contributed by atoms with van der Waals surface area (Å²) in [4.78, 5) is 23.4. The molecule has 0 bridgehead atoms. The Bertz CT molecular complexity index is 605. The maximum absolute atomic E-state index is 11.8. The van der Waals surface area contributed by atoms with E-state index in [4.69, 9.17) is 0 Å². The van der Waals surface area contributed by atoms with Gasteiger partial charge >= 0.3 is 11.4 Å². The number of fused-ring (bicyclic) bond motifs is 1. The first-order chi connectivity index (χ1) is 7.16. The lowest BCUT2D eigenvalue weighted by Crippen LogP contribution is -2.42. The molecule has 0 aliphatic carbocycles. The van der Waals surface area contributed by atoms with E-state index in [1.807, 2.05) is 6.92 Å². The maximum atomic E-state index is 11.8. The molecule has 0 spiro atoms. The van der Waals surface area contributed by atoms with E-state index in [2.05, 4.69) is 5.10 Å². The van der Waals surface area contributed by atoms with Crippen LogP contribution in [0, 0.1) is 0 Å². The summed E-state index contributed by atoms with van der Waals surface area (Å²) in [5.74, 6) is 0. The van der Waals surface area contributed by atoms with Crippen LogP contribution in [0.2, 0.25) is 0 Å². The maximum Gasteiger partial charge on any atom is 0.354 e. The standard InChI is InChI=1S/C9H12N4O2/c1-3-6-12-7-4-5-10-13(7)9(15)11(2)8(12)14/h4-5H,3,6H2,1-2H3. The third-order valence-corrected chi connectivity index (χ3v) is 2.33. The van der Waals surface area contributed by atoms with Gasteiger partial charge in [-0.05, 0) is 6.42 Å². The van der Waals surface area contributed by atoms with Crippen molar-refractivity contribution < 1.29 is 0 Å². The second-order valence-electron chi connectivity index (χ2n) is 3.38. The monoisotopic (exact) mass is 208 g/mol. The van der Waals surface area contributed by atoms with Gasteiger partial charge in [0.15, 0.2) is 0 Å². The van der Waals surface area contributed by atoms with Crippen molar-refractivity contribution in [1.29, 1.82) is 0 Å². The molecule has 2 aromatic heterocycles. The summed E-state index contributed by atoms with van der Waals surface area (Å²) in [6.07, 6.45) is 2.35. The van der Waals surface area contributed by atoms with Crippen LogP contribution in [0.5, 0.6) is 0 Å². The third kappa shape index (κ3) is 1.29. The van der Waals surface area contributed by atoms with E-state index < -0.39 is 5.69 Å². The molecule has 0 amide bonds. The molecule has 2 rings (SSSR count). The Morgan fingerprint density at radius 2 is 2.07 bits per heavy atom. The van der Waals surface area contributed by atoms with Crippen LogP contribution in [0.15, 0.2) is 21.9 Å². The summed E-state index contributed by atoms with van der Waals surface area (Å²) < 4.78 is 3.85. The molecule has 0 aliphatic rings. The lowest BCUT2D eigenvalue weighted by molar-refractivity contribution is 0.568. The SMILES string of the molecule is CCCn1c(=O)n(C)c(=O)n2nccc12. The van der Waals surface area contributed by atoms with E-state index in [-0.39, 0.29) is 5.69 Å². The highest BCUT2D eigenvalue weighted by molar-refractivity contribution is 5.35. The lowest BCUT2D eigenvalue weighted by atomic mass is 10.4. The van der Waals surface area contributed by atoms with Gasteiger partial charge in [-0.15, -0.1) is 0 Å². The first-order valence-electron chi connectivity index (χ1n) is 4.80. The predicted octanol–water partition coefficient (Wildman–Crippen LogP) is -0.395. The van der Waals surface area contributed by atoms with Crippen LogP contribution in [-0.2, 0) is 13.6 Å². The highest BCUT2D eigenvalue weighted by atomic mass is 16.2. The van der Waals surface area contributed by atoms with E-state index in [0.29, 0.717) is 12.2 Å². The molecule has 0 aromatic carbocycles. The minimum atomic E-state index is -0.410. The van der Waals surface area contributed by atoms with Crippen molar-refractivity contribution in [1.82, 2.24) is 18.7 Å². The Hall–Kier alpha value is -1.85. The van der Waals surface area contributed by atoms with Crippen LogP contribution in [0.4, 0.5) is 0 Å². The number of aryl methyl sites for hydroxylation is 1. The van der Waals surface area contributed by atoms with Crippen LogP contribution in [-0.4, -0.2) is 18.7 Å². The van der Waals surface area contributed by atoms with Gasteiger partial charge < -0.3 is 0 Å². The van der Waals surface area contributed by atoms with Crippen molar-refractivity contribution in [2.75, 3.05) is 0 Å². The second-order valence-corrected chi connectivity index (χ2v) is 3.38. The van der Waals surface area contributed by atoms with Gasteiger partial charge in [-0.3, -0.25) is 4.57 Å².